The maximum Gasteiger partial charge on any atom is 0.380 e. The second-order valence-electron chi connectivity index (χ2n) is 3.98. The van der Waals surface area contributed by atoms with Gasteiger partial charge in [-0.1, -0.05) is 24.3 Å². The maximum atomic E-state index is 10.8. The van der Waals surface area contributed by atoms with Gasteiger partial charge in [0, 0.05) is 0 Å². The number of rotatable bonds is 4. The first-order chi connectivity index (χ1) is 9.35. The summed E-state index contributed by atoms with van der Waals surface area (Å²) in [6.07, 6.45) is 0. The smallest absolute Gasteiger partial charge is 0.380 e. The van der Waals surface area contributed by atoms with Crippen molar-refractivity contribution in [2.45, 2.75) is 0 Å². The average Bonchev–Trinajstić information content (AvgIpc) is 2.38. The van der Waals surface area contributed by atoms with Crippen LogP contribution in [0.15, 0.2) is 48.5 Å². The number of nitrogens with two attached hydrogens (primary N) is 1. The van der Waals surface area contributed by atoms with Gasteiger partial charge in [-0.2, -0.15) is 13.6 Å². The second-order valence-corrected chi connectivity index (χ2v) is 5.14. The van der Waals surface area contributed by atoms with Crippen LogP contribution >= 0.6 is 0 Å². The number of aromatic carboxylic acids is 1. The zero-order valence-electron chi connectivity index (χ0n) is 10.2. The molecule has 0 aliphatic rings. The van der Waals surface area contributed by atoms with Gasteiger partial charge in [-0.05, 0) is 35.4 Å². The van der Waals surface area contributed by atoms with Crippen molar-refractivity contribution >= 4 is 16.3 Å². The molecule has 2 aromatic rings. The Morgan fingerprint density at radius 3 is 1.80 bits per heavy atom. The van der Waals surface area contributed by atoms with E-state index in [0.717, 1.165) is 11.1 Å². The molecule has 2 aromatic carbocycles. The quantitative estimate of drug-likeness (QED) is 0.891. The molecule has 0 spiro atoms. The van der Waals surface area contributed by atoms with Gasteiger partial charge >= 0.3 is 16.3 Å². The van der Waals surface area contributed by atoms with Crippen LogP contribution in [0.5, 0.6) is 5.75 Å². The molecule has 0 unspecified atom stereocenters. The van der Waals surface area contributed by atoms with Crippen LogP contribution in [-0.4, -0.2) is 19.5 Å². The van der Waals surface area contributed by atoms with Crippen LogP contribution in [0.4, 0.5) is 0 Å². The molecular weight excluding hydrogens is 282 g/mol. The molecular formula is C13H11NO5S. The van der Waals surface area contributed by atoms with Crippen molar-refractivity contribution in [2.24, 2.45) is 5.14 Å². The first-order valence-corrected chi connectivity index (χ1v) is 6.98. The number of hydrogen-bond acceptors (Lipinski definition) is 4. The molecule has 0 atom stereocenters. The van der Waals surface area contributed by atoms with Crippen LogP contribution < -0.4 is 9.32 Å². The summed E-state index contributed by atoms with van der Waals surface area (Å²) in [6, 6.07) is 12.5. The predicted molar refractivity (Wildman–Crippen MR) is 72.6 cm³/mol. The highest BCUT2D eigenvalue weighted by Gasteiger charge is 2.06. The molecule has 3 N–H and O–H groups in total. The van der Waals surface area contributed by atoms with E-state index >= 15 is 0 Å². The van der Waals surface area contributed by atoms with E-state index in [-0.39, 0.29) is 11.3 Å². The molecule has 0 aliphatic heterocycles. The minimum absolute atomic E-state index is 0.110. The SMILES string of the molecule is NS(=O)(=O)Oc1ccc(-c2ccc(C(=O)O)cc2)cc1. The normalized spacial score (nSPS) is 11.1. The van der Waals surface area contributed by atoms with E-state index in [1.807, 2.05) is 0 Å². The van der Waals surface area contributed by atoms with E-state index in [4.69, 9.17) is 10.2 Å². The Morgan fingerprint density at radius 1 is 0.950 bits per heavy atom. The molecule has 0 aliphatic carbocycles. The van der Waals surface area contributed by atoms with E-state index in [0.29, 0.717) is 0 Å². The van der Waals surface area contributed by atoms with E-state index < -0.39 is 16.3 Å². The lowest BCUT2D eigenvalue weighted by Gasteiger charge is -2.05. The number of carboxylic acid groups (broad SMARTS) is 1. The van der Waals surface area contributed by atoms with Crippen LogP contribution in [-0.2, 0) is 10.3 Å². The molecule has 2 rings (SSSR count). The molecule has 104 valence electrons. The number of hydrogen-bond donors (Lipinski definition) is 2. The highest BCUT2D eigenvalue weighted by molar-refractivity contribution is 7.84. The van der Waals surface area contributed by atoms with Crippen LogP contribution in [0.3, 0.4) is 0 Å². The molecule has 0 saturated heterocycles. The van der Waals surface area contributed by atoms with Gasteiger partial charge in [0.15, 0.2) is 0 Å². The van der Waals surface area contributed by atoms with Crippen molar-refractivity contribution < 1.29 is 22.5 Å². The van der Waals surface area contributed by atoms with Gasteiger partial charge < -0.3 is 9.29 Å². The molecule has 0 amide bonds. The van der Waals surface area contributed by atoms with E-state index in [9.17, 15) is 13.2 Å². The molecule has 0 heterocycles. The third kappa shape index (κ3) is 3.56. The minimum Gasteiger partial charge on any atom is -0.478 e. The third-order valence-electron chi connectivity index (χ3n) is 2.53. The van der Waals surface area contributed by atoms with Crippen molar-refractivity contribution in [3.63, 3.8) is 0 Å². The van der Waals surface area contributed by atoms with Gasteiger partial charge in [0.25, 0.3) is 0 Å². The third-order valence-corrected chi connectivity index (χ3v) is 2.96. The Bertz CT molecular complexity index is 720. The fourth-order valence-corrected chi connectivity index (χ4v) is 2.02. The van der Waals surface area contributed by atoms with Gasteiger partial charge in [0.1, 0.15) is 5.75 Å². The summed E-state index contributed by atoms with van der Waals surface area (Å²) >= 11 is 0. The largest absolute Gasteiger partial charge is 0.478 e. The number of benzene rings is 2. The van der Waals surface area contributed by atoms with E-state index in [1.54, 1.807) is 24.3 Å². The highest BCUT2D eigenvalue weighted by Crippen LogP contribution is 2.23. The standard InChI is InChI=1S/C13H11NO5S/c14-20(17,18)19-12-7-5-10(6-8-12)9-1-3-11(4-2-9)13(15)16/h1-8H,(H,15,16)(H2,14,17,18). The van der Waals surface area contributed by atoms with Crippen molar-refractivity contribution in [1.82, 2.24) is 0 Å². The zero-order chi connectivity index (χ0) is 14.8. The first kappa shape index (κ1) is 14.0. The monoisotopic (exact) mass is 293 g/mol. The van der Waals surface area contributed by atoms with Crippen LogP contribution in [0.2, 0.25) is 0 Å². The molecule has 0 radical (unpaired) electrons. The number of carbonyl (C=O) groups is 1. The lowest BCUT2D eigenvalue weighted by Crippen LogP contribution is -2.18. The van der Waals surface area contributed by atoms with Gasteiger partial charge in [0.2, 0.25) is 0 Å². The summed E-state index contributed by atoms with van der Waals surface area (Å²) in [5.74, 6) is -0.883. The molecule has 7 heteroatoms. The van der Waals surface area contributed by atoms with Gasteiger partial charge in [-0.15, -0.1) is 0 Å². The molecule has 0 saturated carbocycles. The Morgan fingerprint density at radius 2 is 1.40 bits per heavy atom. The Labute approximate surface area is 115 Å². The lowest BCUT2D eigenvalue weighted by molar-refractivity contribution is 0.0697. The average molecular weight is 293 g/mol. The topological polar surface area (TPSA) is 107 Å². The fraction of sp³-hybridized carbons (Fsp3) is 0. The van der Waals surface area contributed by atoms with Crippen LogP contribution in [0, 0.1) is 0 Å². The van der Waals surface area contributed by atoms with E-state index in [1.165, 1.54) is 24.3 Å². The van der Waals surface area contributed by atoms with Crippen molar-refractivity contribution in [3.05, 3.63) is 54.1 Å². The summed E-state index contributed by atoms with van der Waals surface area (Å²) in [7, 11) is -4.04. The summed E-state index contributed by atoms with van der Waals surface area (Å²) < 4.78 is 26.0. The van der Waals surface area contributed by atoms with Crippen molar-refractivity contribution in [3.8, 4) is 16.9 Å². The lowest BCUT2D eigenvalue weighted by atomic mass is 10.0. The van der Waals surface area contributed by atoms with Gasteiger partial charge in [-0.3, -0.25) is 0 Å². The van der Waals surface area contributed by atoms with Crippen LogP contribution in [0.1, 0.15) is 10.4 Å². The van der Waals surface area contributed by atoms with Crippen LogP contribution in [0.25, 0.3) is 11.1 Å². The molecule has 0 bridgehead atoms. The maximum absolute atomic E-state index is 10.8. The van der Waals surface area contributed by atoms with E-state index in [2.05, 4.69) is 4.18 Å². The van der Waals surface area contributed by atoms with Crippen molar-refractivity contribution in [1.29, 1.82) is 0 Å². The first-order valence-electron chi connectivity index (χ1n) is 5.51. The Balaban J connectivity index is 2.23. The molecule has 0 aromatic heterocycles. The summed E-state index contributed by atoms with van der Waals surface area (Å²) in [5, 5.41) is 13.6. The predicted octanol–water partition coefficient (Wildman–Crippen LogP) is 1.63. The minimum atomic E-state index is -4.04. The summed E-state index contributed by atoms with van der Waals surface area (Å²) in [5.41, 5.74) is 1.80. The van der Waals surface area contributed by atoms with Crippen molar-refractivity contribution in [2.75, 3.05) is 0 Å². The molecule has 6 nitrogen and oxygen atoms in total. The Kier molecular flexibility index (Phi) is 3.73. The summed E-state index contributed by atoms with van der Waals surface area (Å²) in [4.78, 5) is 10.7. The van der Waals surface area contributed by atoms with Gasteiger partial charge in [0.05, 0.1) is 5.56 Å². The summed E-state index contributed by atoms with van der Waals surface area (Å²) in [6.45, 7) is 0. The second kappa shape index (κ2) is 5.32. The number of carboxylic acids is 1. The molecule has 20 heavy (non-hydrogen) atoms. The fourth-order valence-electron chi connectivity index (χ4n) is 1.64. The Hall–Kier alpha value is -2.38. The highest BCUT2D eigenvalue weighted by atomic mass is 32.2. The van der Waals surface area contributed by atoms with Gasteiger partial charge in [-0.25, -0.2) is 4.79 Å². The molecule has 0 fully saturated rings. The zero-order valence-corrected chi connectivity index (χ0v) is 11.0.